The van der Waals surface area contributed by atoms with Gasteiger partial charge in [-0.2, -0.15) is 0 Å². The molecule has 1 aromatic carbocycles. The topological polar surface area (TPSA) is 35.2 Å². The van der Waals surface area contributed by atoms with Gasteiger partial charge >= 0.3 is 0 Å². The van der Waals surface area contributed by atoms with Gasteiger partial charge in [-0.1, -0.05) is 50.6 Å². The van der Waals surface area contributed by atoms with Crippen molar-refractivity contribution in [2.45, 2.75) is 64.7 Å². The van der Waals surface area contributed by atoms with Crippen LogP contribution in [0.25, 0.3) is 0 Å². The fourth-order valence-corrected chi connectivity index (χ4v) is 3.40. The smallest absolute Gasteiger partial charge is 0.0993 e. The molecule has 2 rings (SSSR count). The normalized spacial score (nSPS) is 29.1. The van der Waals surface area contributed by atoms with E-state index in [0.717, 1.165) is 35.8 Å². The summed E-state index contributed by atoms with van der Waals surface area (Å²) in [4.78, 5) is 0. The number of nitrogens with two attached hydrogens (primary N) is 1. The highest BCUT2D eigenvalue weighted by Gasteiger charge is 2.30. The second-order valence-corrected chi connectivity index (χ2v) is 6.95. The second kappa shape index (κ2) is 7.62. The van der Waals surface area contributed by atoms with Crippen LogP contribution in [0.4, 0.5) is 0 Å². The lowest BCUT2D eigenvalue weighted by Crippen LogP contribution is -2.35. The third kappa shape index (κ3) is 4.21. The van der Waals surface area contributed by atoms with Crippen molar-refractivity contribution in [3.8, 4) is 0 Å². The summed E-state index contributed by atoms with van der Waals surface area (Å²) in [5, 5.41) is 0.753. The van der Waals surface area contributed by atoms with Crippen molar-refractivity contribution in [3.05, 3.63) is 34.9 Å². The van der Waals surface area contributed by atoms with Gasteiger partial charge in [-0.3, -0.25) is 0 Å². The van der Waals surface area contributed by atoms with Crippen molar-refractivity contribution in [2.24, 2.45) is 17.6 Å². The Bertz CT molecular complexity index is 451. The Kier molecular flexibility index (Phi) is 6.09. The minimum atomic E-state index is -0.102. The minimum Gasteiger partial charge on any atom is -0.369 e. The lowest BCUT2D eigenvalue weighted by Gasteiger charge is -2.36. The molecule has 0 saturated heterocycles. The molecule has 0 spiro atoms. The first kappa shape index (κ1) is 16.8. The summed E-state index contributed by atoms with van der Waals surface area (Å²) in [6.07, 6.45) is 4.57. The van der Waals surface area contributed by atoms with E-state index in [1.165, 1.54) is 6.42 Å². The highest BCUT2D eigenvalue weighted by molar-refractivity contribution is 6.31. The van der Waals surface area contributed by atoms with Crippen LogP contribution in [0.5, 0.6) is 0 Å². The van der Waals surface area contributed by atoms with E-state index in [2.05, 4.69) is 20.8 Å². The molecule has 0 aromatic heterocycles. The van der Waals surface area contributed by atoms with E-state index in [-0.39, 0.29) is 12.1 Å². The zero-order valence-corrected chi connectivity index (χ0v) is 14.1. The number of hydrogen-bond donors (Lipinski definition) is 1. The minimum absolute atomic E-state index is 0.0143. The van der Waals surface area contributed by atoms with Gasteiger partial charge in [0.25, 0.3) is 0 Å². The first-order valence-electron chi connectivity index (χ1n) is 8.18. The summed E-state index contributed by atoms with van der Waals surface area (Å²) in [6.45, 7) is 6.76. The van der Waals surface area contributed by atoms with Gasteiger partial charge in [0.05, 0.1) is 12.2 Å². The van der Waals surface area contributed by atoms with E-state index in [4.69, 9.17) is 22.1 Å². The number of hydrogen-bond acceptors (Lipinski definition) is 2. The van der Waals surface area contributed by atoms with Crippen LogP contribution < -0.4 is 5.73 Å². The van der Waals surface area contributed by atoms with E-state index < -0.39 is 0 Å². The van der Waals surface area contributed by atoms with Crippen LogP contribution in [-0.2, 0) is 4.74 Å². The van der Waals surface area contributed by atoms with Crippen LogP contribution in [0.1, 0.15) is 58.1 Å². The van der Waals surface area contributed by atoms with E-state index >= 15 is 0 Å². The Labute approximate surface area is 134 Å². The van der Waals surface area contributed by atoms with Gasteiger partial charge in [-0.15, -0.1) is 0 Å². The maximum Gasteiger partial charge on any atom is 0.0993 e. The van der Waals surface area contributed by atoms with E-state index in [9.17, 15) is 0 Å². The molecular weight excluding hydrogens is 282 g/mol. The van der Waals surface area contributed by atoms with Gasteiger partial charge in [0.1, 0.15) is 0 Å². The first-order valence-corrected chi connectivity index (χ1v) is 8.56. The zero-order chi connectivity index (χ0) is 15.4. The van der Waals surface area contributed by atoms with Crippen molar-refractivity contribution in [3.63, 3.8) is 0 Å². The van der Waals surface area contributed by atoms with Crippen LogP contribution in [0.3, 0.4) is 0 Å². The quantitative estimate of drug-likeness (QED) is 0.834. The summed E-state index contributed by atoms with van der Waals surface area (Å²) < 4.78 is 6.42. The molecule has 0 radical (unpaired) electrons. The van der Waals surface area contributed by atoms with E-state index in [1.807, 2.05) is 24.3 Å². The Morgan fingerprint density at radius 3 is 2.57 bits per heavy atom. The predicted molar refractivity (Wildman–Crippen MR) is 89.5 cm³/mol. The molecule has 0 heterocycles. The van der Waals surface area contributed by atoms with Gasteiger partial charge in [0.15, 0.2) is 0 Å². The van der Waals surface area contributed by atoms with Crippen LogP contribution in [0, 0.1) is 11.8 Å². The standard InChI is InChI=1S/C18H28ClNO/c1-4-17(20)18(15-7-5-6-8-16(15)19)21-14-10-9-12(2)13(3)11-14/h5-8,12-14,17-18H,4,9-11,20H2,1-3H3. The Balaban J connectivity index is 2.13. The van der Waals surface area contributed by atoms with Crippen molar-refractivity contribution < 1.29 is 4.74 Å². The van der Waals surface area contributed by atoms with Crippen LogP contribution in [-0.4, -0.2) is 12.1 Å². The largest absolute Gasteiger partial charge is 0.369 e. The monoisotopic (exact) mass is 309 g/mol. The van der Waals surface area contributed by atoms with Gasteiger partial charge in [0, 0.05) is 16.6 Å². The average Bonchev–Trinajstić information content (AvgIpc) is 2.48. The number of ether oxygens (including phenoxy) is 1. The van der Waals surface area contributed by atoms with Gasteiger partial charge < -0.3 is 10.5 Å². The van der Waals surface area contributed by atoms with Gasteiger partial charge in [-0.05, 0) is 43.6 Å². The molecule has 0 bridgehead atoms. The van der Waals surface area contributed by atoms with Gasteiger partial charge in [-0.25, -0.2) is 0 Å². The number of halogens is 1. The molecule has 2 nitrogen and oxygen atoms in total. The highest BCUT2D eigenvalue weighted by atomic mass is 35.5. The Morgan fingerprint density at radius 1 is 1.24 bits per heavy atom. The number of rotatable bonds is 5. The van der Waals surface area contributed by atoms with E-state index in [1.54, 1.807) is 0 Å². The Morgan fingerprint density at radius 2 is 1.95 bits per heavy atom. The lowest BCUT2D eigenvalue weighted by molar-refractivity contribution is -0.0593. The molecule has 2 N–H and O–H groups in total. The summed E-state index contributed by atoms with van der Waals surface area (Å²) in [7, 11) is 0. The van der Waals surface area contributed by atoms with Crippen molar-refractivity contribution in [2.75, 3.05) is 0 Å². The fourth-order valence-electron chi connectivity index (χ4n) is 3.15. The maximum atomic E-state index is 6.42. The molecule has 1 aromatic rings. The lowest BCUT2D eigenvalue weighted by atomic mass is 9.80. The average molecular weight is 310 g/mol. The summed E-state index contributed by atoms with van der Waals surface area (Å²) in [5.41, 5.74) is 7.34. The van der Waals surface area contributed by atoms with Crippen molar-refractivity contribution in [1.29, 1.82) is 0 Å². The van der Waals surface area contributed by atoms with Crippen LogP contribution >= 0.6 is 11.6 Å². The fraction of sp³-hybridized carbons (Fsp3) is 0.667. The van der Waals surface area contributed by atoms with Gasteiger partial charge in [0.2, 0.25) is 0 Å². The predicted octanol–water partition coefficient (Wildman–Crippen LogP) is 4.96. The molecule has 0 amide bonds. The second-order valence-electron chi connectivity index (χ2n) is 6.54. The first-order chi connectivity index (χ1) is 10.0. The molecular formula is C18H28ClNO. The molecule has 21 heavy (non-hydrogen) atoms. The zero-order valence-electron chi connectivity index (χ0n) is 13.4. The third-order valence-electron chi connectivity index (χ3n) is 4.96. The maximum absolute atomic E-state index is 6.42. The Hall–Kier alpha value is -0.570. The molecule has 1 aliphatic rings. The van der Waals surface area contributed by atoms with Crippen molar-refractivity contribution >= 4 is 11.6 Å². The molecule has 5 atom stereocenters. The van der Waals surface area contributed by atoms with Crippen LogP contribution in [0.2, 0.25) is 5.02 Å². The molecule has 1 aliphatic carbocycles. The SMILES string of the molecule is CCC(N)C(OC1CCC(C)C(C)C1)c1ccccc1Cl. The highest BCUT2D eigenvalue weighted by Crippen LogP contribution is 2.36. The molecule has 0 aliphatic heterocycles. The molecule has 1 saturated carbocycles. The number of benzene rings is 1. The third-order valence-corrected chi connectivity index (χ3v) is 5.31. The summed E-state index contributed by atoms with van der Waals surface area (Å²) in [5.74, 6) is 1.51. The molecule has 3 heteroatoms. The van der Waals surface area contributed by atoms with Crippen LogP contribution in [0.15, 0.2) is 24.3 Å². The van der Waals surface area contributed by atoms with Crippen molar-refractivity contribution in [1.82, 2.24) is 0 Å². The molecule has 5 unspecified atom stereocenters. The summed E-state index contributed by atoms with van der Waals surface area (Å²) in [6, 6.07) is 7.90. The summed E-state index contributed by atoms with van der Waals surface area (Å²) >= 11 is 6.35. The molecule has 1 fully saturated rings. The molecule has 118 valence electrons. The van der Waals surface area contributed by atoms with E-state index in [0.29, 0.717) is 12.0 Å².